The van der Waals surface area contributed by atoms with E-state index in [9.17, 15) is 4.79 Å². The first-order chi connectivity index (χ1) is 13.7. The van der Waals surface area contributed by atoms with Crippen molar-refractivity contribution in [2.75, 3.05) is 46.3 Å². The van der Waals surface area contributed by atoms with E-state index >= 15 is 0 Å². The molecule has 0 spiro atoms. The maximum atomic E-state index is 12.4. The van der Waals surface area contributed by atoms with Gasteiger partial charge >= 0.3 is 0 Å². The lowest BCUT2D eigenvalue weighted by molar-refractivity contribution is -0.139. The summed E-state index contributed by atoms with van der Waals surface area (Å²) in [5, 5.41) is 7.18. The van der Waals surface area contributed by atoms with Crippen molar-refractivity contribution < 1.29 is 4.79 Å². The largest absolute Gasteiger partial charge is 0.355 e. The number of aliphatic imine (C=N–C) groups is 1. The number of nitrogens with one attached hydrogen (secondary N) is 2. The topological polar surface area (TPSA) is 60.0 Å². The van der Waals surface area contributed by atoms with Crippen LogP contribution in [0.2, 0.25) is 0 Å². The first-order valence-electron chi connectivity index (χ1n) is 11.7. The zero-order chi connectivity index (χ0) is 19.3. The summed E-state index contributed by atoms with van der Waals surface area (Å²) in [5.41, 5.74) is 0. The van der Waals surface area contributed by atoms with Crippen molar-refractivity contribution in [1.82, 2.24) is 20.4 Å². The Morgan fingerprint density at radius 2 is 1.69 bits per heavy atom. The van der Waals surface area contributed by atoms with Crippen LogP contribution in [0, 0.1) is 17.8 Å². The molecule has 4 aliphatic rings. The first kappa shape index (κ1) is 23.1. The number of carbonyl (C=O) groups is 1. The molecular formula is C22H40IN5O. The zero-order valence-electron chi connectivity index (χ0n) is 18.1. The Kier molecular flexibility index (Phi) is 8.89. The van der Waals surface area contributed by atoms with Crippen LogP contribution in [0.15, 0.2) is 4.99 Å². The fourth-order valence-electron chi connectivity index (χ4n) is 5.66. The highest BCUT2D eigenvalue weighted by Crippen LogP contribution is 2.42. The molecule has 0 aromatic carbocycles. The SMILES string of the molecule is CN=C(NCCN1CCN(C(=O)C2CCC2)CC1)NC1CCC2CCCC2C1.I. The van der Waals surface area contributed by atoms with Crippen molar-refractivity contribution in [3.8, 4) is 0 Å². The highest BCUT2D eigenvalue weighted by molar-refractivity contribution is 14.0. The summed E-state index contributed by atoms with van der Waals surface area (Å²) in [4.78, 5) is 21.4. The predicted octanol–water partition coefficient (Wildman–Crippen LogP) is 2.68. The van der Waals surface area contributed by atoms with E-state index in [1.165, 1.54) is 44.9 Å². The molecule has 6 nitrogen and oxygen atoms in total. The molecule has 3 aliphatic carbocycles. The minimum Gasteiger partial charge on any atom is -0.355 e. The molecule has 1 heterocycles. The van der Waals surface area contributed by atoms with E-state index in [0.717, 1.165) is 69.9 Å². The highest BCUT2D eigenvalue weighted by Gasteiger charge is 2.34. The number of nitrogens with zero attached hydrogens (tertiary/aromatic N) is 3. The summed E-state index contributed by atoms with van der Waals surface area (Å²) < 4.78 is 0. The quantitative estimate of drug-likeness (QED) is 0.335. The van der Waals surface area contributed by atoms with Crippen molar-refractivity contribution in [1.29, 1.82) is 0 Å². The van der Waals surface area contributed by atoms with Crippen molar-refractivity contribution in [2.24, 2.45) is 22.7 Å². The van der Waals surface area contributed by atoms with E-state index in [2.05, 4.69) is 25.4 Å². The van der Waals surface area contributed by atoms with E-state index in [0.29, 0.717) is 17.9 Å². The summed E-state index contributed by atoms with van der Waals surface area (Å²) in [6.07, 6.45) is 11.8. The molecule has 3 saturated carbocycles. The normalized spacial score (nSPS) is 30.9. The fraction of sp³-hybridized carbons (Fsp3) is 0.909. The molecule has 0 aromatic rings. The Balaban J connectivity index is 0.00000240. The molecule has 4 rings (SSSR count). The van der Waals surface area contributed by atoms with Gasteiger partial charge in [0, 0.05) is 58.3 Å². The van der Waals surface area contributed by atoms with Crippen LogP contribution in [-0.2, 0) is 4.79 Å². The number of carbonyl (C=O) groups excluding carboxylic acids is 1. The second-order valence-corrected chi connectivity index (χ2v) is 9.40. The monoisotopic (exact) mass is 517 g/mol. The summed E-state index contributed by atoms with van der Waals surface area (Å²) in [7, 11) is 1.88. The summed E-state index contributed by atoms with van der Waals surface area (Å²) in [6, 6.07) is 0.589. The van der Waals surface area contributed by atoms with Gasteiger partial charge in [0.2, 0.25) is 5.91 Å². The number of rotatable bonds is 5. The maximum absolute atomic E-state index is 12.4. The molecule has 0 aromatic heterocycles. The molecular weight excluding hydrogens is 477 g/mol. The number of piperazine rings is 1. The molecule has 1 aliphatic heterocycles. The standard InChI is InChI=1S/C22H39N5O.HI/c1-23-22(25-20-9-8-17-4-2-7-19(17)16-20)24-10-11-26-12-14-27(15-13-26)21(28)18-5-3-6-18;/h17-20H,2-16H2,1H3,(H2,23,24,25);1H. The van der Waals surface area contributed by atoms with E-state index in [1.54, 1.807) is 0 Å². The number of guanidine groups is 1. The minimum absolute atomic E-state index is 0. The van der Waals surface area contributed by atoms with Crippen LogP contribution in [0.4, 0.5) is 0 Å². The fourth-order valence-corrected chi connectivity index (χ4v) is 5.66. The molecule has 1 saturated heterocycles. The van der Waals surface area contributed by atoms with Gasteiger partial charge in [-0.2, -0.15) is 0 Å². The van der Waals surface area contributed by atoms with Crippen molar-refractivity contribution in [2.45, 2.75) is 63.8 Å². The number of fused-ring (bicyclic) bond motifs is 1. The Morgan fingerprint density at radius 3 is 2.38 bits per heavy atom. The van der Waals surface area contributed by atoms with Crippen LogP contribution in [0.3, 0.4) is 0 Å². The van der Waals surface area contributed by atoms with E-state index in [4.69, 9.17) is 0 Å². The molecule has 3 unspecified atom stereocenters. The van der Waals surface area contributed by atoms with Crippen LogP contribution in [0.25, 0.3) is 0 Å². The summed E-state index contributed by atoms with van der Waals surface area (Å²) in [6.45, 7) is 5.71. The van der Waals surface area contributed by atoms with Gasteiger partial charge in [-0.15, -0.1) is 24.0 Å². The van der Waals surface area contributed by atoms with Gasteiger partial charge in [-0.05, 0) is 43.9 Å². The molecule has 4 fully saturated rings. The van der Waals surface area contributed by atoms with Gasteiger partial charge in [-0.3, -0.25) is 14.7 Å². The van der Waals surface area contributed by atoms with Crippen molar-refractivity contribution in [3.05, 3.63) is 0 Å². The van der Waals surface area contributed by atoms with Crippen LogP contribution in [-0.4, -0.2) is 74.0 Å². The van der Waals surface area contributed by atoms with Gasteiger partial charge in [0.1, 0.15) is 0 Å². The molecule has 0 bridgehead atoms. The van der Waals surface area contributed by atoms with Gasteiger partial charge in [0.25, 0.3) is 0 Å². The summed E-state index contributed by atoms with van der Waals surface area (Å²) >= 11 is 0. The van der Waals surface area contributed by atoms with Gasteiger partial charge in [-0.25, -0.2) is 0 Å². The molecule has 7 heteroatoms. The molecule has 29 heavy (non-hydrogen) atoms. The lowest BCUT2D eigenvalue weighted by Crippen LogP contribution is -2.53. The number of halogens is 1. The molecule has 166 valence electrons. The van der Waals surface area contributed by atoms with Crippen LogP contribution >= 0.6 is 24.0 Å². The summed E-state index contributed by atoms with van der Waals surface area (Å²) in [5.74, 6) is 3.65. The second kappa shape index (κ2) is 11.2. The van der Waals surface area contributed by atoms with Crippen LogP contribution in [0.5, 0.6) is 0 Å². The van der Waals surface area contributed by atoms with Gasteiger partial charge in [0.15, 0.2) is 5.96 Å². The molecule has 3 atom stereocenters. The van der Waals surface area contributed by atoms with E-state index in [-0.39, 0.29) is 24.0 Å². The van der Waals surface area contributed by atoms with Crippen molar-refractivity contribution >= 4 is 35.8 Å². The Bertz CT molecular complexity index is 559. The lowest BCUT2D eigenvalue weighted by Gasteiger charge is -2.38. The van der Waals surface area contributed by atoms with Gasteiger partial charge < -0.3 is 15.5 Å². The average molecular weight is 518 g/mol. The third-order valence-electron chi connectivity index (χ3n) is 7.71. The molecule has 2 N–H and O–H groups in total. The first-order valence-corrected chi connectivity index (χ1v) is 11.7. The average Bonchev–Trinajstić information content (AvgIpc) is 3.14. The number of hydrogen-bond acceptors (Lipinski definition) is 3. The van der Waals surface area contributed by atoms with Crippen LogP contribution < -0.4 is 10.6 Å². The Labute approximate surface area is 193 Å². The third-order valence-corrected chi connectivity index (χ3v) is 7.71. The van der Waals surface area contributed by atoms with E-state index in [1.807, 2.05) is 7.05 Å². The zero-order valence-corrected chi connectivity index (χ0v) is 20.4. The Hall–Kier alpha value is -0.570. The van der Waals surface area contributed by atoms with E-state index < -0.39 is 0 Å². The smallest absolute Gasteiger partial charge is 0.225 e. The number of hydrogen-bond donors (Lipinski definition) is 2. The maximum Gasteiger partial charge on any atom is 0.225 e. The van der Waals surface area contributed by atoms with Crippen molar-refractivity contribution in [3.63, 3.8) is 0 Å². The number of amides is 1. The van der Waals surface area contributed by atoms with Gasteiger partial charge in [0.05, 0.1) is 0 Å². The highest BCUT2D eigenvalue weighted by atomic mass is 127. The van der Waals surface area contributed by atoms with Gasteiger partial charge in [-0.1, -0.05) is 25.7 Å². The third kappa shape index (κ3) is 5.99. The molecule has 1 amide bonds. The Morgan fingerprint density at radius 1 is 0.966 bits per heavy atom. The molecule has 0 radical (unpaired) electrons. The minimum atomic E-state index is 0. The predicted molar refractivity (Wildman–Crippen MR) is 129 cm³/mol. The van der Waals surface area contributed by atoms with Crippen LogP contribution in [0.1, 0.15) is 57.8 Å². The lowest BCUT2D eigenvalue weighted by atomic mass is 9.79. The second-order valence-electron chi connectivity index (χ2n) is 9.40.